The summed E-state index contributed by atoms with van der Waals surface area (Å²) in [4.78, 5) is 42.4. The van der Waals surface area contributed by atoms with E-state index in [9.17, 15) is 24.7 Å². The Balaban J connectivity index is 1.74. The fourth-order valence-electron chi connectivity index (χ4n) is 4.29. The Morgan fingerprint density at radius 3 is 2.39 bits per heavy atom. The van der Waals surface area contributed by atoms with Crippen LogP contribution < -0.4 is 10.4 Å². The van der Waals surface area contributed by atoms with Crippen molar-refractivity contribution in [2.45, 2.75) is 31.9 Å². The molecule has 170 valence electrons. The molecule has 10 nitrogen and oxygen atoms in total. The number of hydroxylamine groups is 1. The highest BCUT2D eigenvalue weighted by Crippen LogP contribution is 2.28. The van der Waals surface area contributed by atoms with Gasteiger partial charge in [0, 0.05) is 38.5 Å². The van der Waals surface area contributed by atoms with Crippen molar-refractivity contribution in [2.75, 3.05) is 44.2 Å². The van der Waals surface area contributed by atoms with E-state index in [0.717, 1.165) is 17.0 Å². The highest BCUT2D eigenvalue weighted by Gasteiger charge is 2.48. The van der Waals surface area contributed by atoms with Crippen molar-refractivity contribution in [3.63, 3.8) is 0 Å². The van der Waals surface area contributed by atoms with Gasteiger partial charge in [-0.05, 0) is 25.0 Å². The van der Waals surface area contributed by atoms with Crippen LogP contribution in [0.2, 0.25) is 0 Å². The number of ether oxygens (including phenoxy) is 1. The van der Waals surface area contributed by atoms with E-state index in [4.69, 9.17) is 4.74 Å². The quantitative estimate of drug-likeness (QED) is 0.451. The van der Waals surface area contributed by atoms with E-state index >= 15 is 0 Å². The number of carbonyl (C=O) groups is 3. The lowest BCUT2D eigenvalue weighted by atomic mass is 9.86. The van der Waals surface area contributed by atoms with E-state index in [2.05, 4.69) is 4.90 Å². The molecule has 0 spiro atoms. The first-order valence-corrected chi connectivity index (χ1v) is 10.6. The van der Waals surface area contributed by atoms with Crippen LogP contribution in [0.1, 0.15) is 19.8 Å². The summed E-state index contributed by atoms with van der Waals surface area (Å²) in [6.45, 7) is 4.40. The van der Waals surface area contributed by atoms with E-state index in [-0.39, 0.29) is 13.0 Å². The van der Waals surface area contributed by atoms with Gasteiger partial charge in [0.05, 0.1) is 18.6 Å². The normalized spacial score (nSPS) is 24.1. The van der Waals surface area contributed by atoms with E-state index in [1.807, 2.05) is 37.3 Å². The highest BCUT2D eigenvalue weighted by atomic mass is 16.5. The van der Waals surface area contributed by atoms with Gasteiger partial charge in [-0.1, -0.05) is 25.1 Å². The average molecular weight is 434 g/mol. The summed E-state index contributed by atoms with van der Waals surface area (Å²) in [5.41, 5.74) is 2.66. The van der Waals surface area contributed by atoms with Crippen LogP contribution in [-0.4, -0.2) is 89.5 Å². The van der Waals surface area contributed by atoms with Gasteiger partial charge in [-0.15, -0.1) is 0 Å². The summed E-state index contributed by atoms with van der Waals surface area (Å²) in [6.07, 6.45) is -0.899. The predicted molar refractivity (Wildman–Crippen MR) is 112 cm³/mol. The molecule has 0 saturated carbocycles. The number of benzene rings is 1. The number of amides is 3. The average Bonchev–Trinajstić information content (AvgIpc) is 2.81. The minimum absolute atomic E-state index is 0.00489. The van der Waals surface area contributed by atoms with E-state index in [0.29, 0.717) is 32.8 Å². The molecule has 2 unspecified atom stereocenters. The zero-order chi connectivity index (χ0) is 22.4. The molecular formula is C21H30N4O6. The maximum absolute atomic E-state index is 13.4. The zero-order valence-corrected chi connectivity index (χ0v) is 17.6. The fraction of sp³-hybridized carbons (Fsp3) is 0.571. The molecule has 3 amide bonds. The van der Waals surface area contributed by atoms with Gasteiger partial charge in [-0.25, -0.2) is 10.3 Å². The summed E-state index contributed by atoms with van der Waals surface area (Å²) >= 11 is 0. The molecule has 3 atom stereocenters. The van der Waals surface area contributed by atoms with Gasteiger partial charge >= 0.3 is 6.09 Å². The summed E-state index contributed by atoms with van der Waals surface area (Å²) in [7, 11) is 0. The smallest absolute Gasteiger partial charge is 0.408 e. The molecule has 2 heterocycles. The topological polar surface area (TPSA) is 123 Å². The van der Waals surface area contributed by atoms with Crippen molar-refractivity contribution in [1.29, 1.82) is 0 Å². The number of hydrogen-bond donors (Lipinski definition) is 3. The molecule has 1 aromatic carbocycles. The molecular weight excluding hydrogens is 404 g/mol. The first-order valence-electron chi connectivity index (χ1n) is 10.6. The van der Waals surface area contributed by atoms with Crippen LogP contribution in [0.3, 0.4) is 0 Å². The number of anilines is 1. The van der Waals surface area contributed by atoms with Crippen molar-refractivity contribution < 1.29 is 29.4 Å². The van der Waals surface area contributed by atoms with E-state index in [1.54, 1.807) is 10.4 Å². The number of para-hydroxylation sites is 1. The third-order valence-corrected chi connectivity index (χ3v) is 5.85. The number of nitrogens with zero attached hydrogens (tertiary/aromatic N) is 3. The molecule has 0 radical (unpaired) electrons. The maximum atomic E-state index is 13.4. The lowest BCUT2D eigenvalue weighted by molar-refractivity contribution is -0.153. The molecule has 2 aliphatic rings. The van der Waals surface area contributed by atoms with Crippen LogP contribution in [0.15, 0.2) is 30.3 Å². The monoisotopic (exact) mass is 434 g/mol. The van der Waals surface area contributed by atoms with Crippen molar-refractivity contribution in [3.8, 4) is 0 Å². The van der Waals surface area contributed by atoms with E-state index in [1.165, 1.54) is 0 Å². The lowest BCUT2D eigenvalue weighted by Crippen LogP contribution is -2.64. The molecule has 0 aromatic heterocycles. The number of nitrogens with one attached hydrogen (secondary N) is 1. The minimum Gasteiger partial charge on any atom is -0.465 e. The van der Waals surface area contributed by atoms with Gasteiger partial charge < -0.3 is 19.6 Å². The lowest BCUT2D eigenvalue weighted by Gasteiger charge is -2.44. The van der Waals surface area contributed by atoms with Gasteiger partial charge in [0.15, 0.2) is 0 Å². The number of piperidine rings is 1. The predicted octanol–water partition coefficient (Wildman–Crippen LogP) is 1.00. The zero-order valence-electron chi connectivity index (χ0n) is 17.6. The van der Waals surface area contributed by atoms with Crippen LogP contribution in [0.5, 0.6) is 0 Å². The molecule has 2 saturated heterocycles. The first-order chi connectivity index (χ1) is 15.0. The van der Waals surface area contributed by atoms with Crippen molar-refractivity contribution in [1.82, 2.24) is 15.3 Å². The first kappa shape index (κ1) is 22.8. The number of likely N-dealkylation sites (tertiary alicyclic amines) is 1. The second kappa shape index (κ2) is 10.5. The third kappa shape index (κ3) is 5.26. The molecule has 3 rings (SSSR count). The SMILES string of the molecule is CCCO[C@H]1CC(C(=O)NO)C(C(=O)N2CCN(c3ccccc3)CC2)N(C(=O)O)C1. The number of rotatable bonds is 6. The standard InChI is InChI=1S/C21H30N4O6/c1-2-12-31-16-13-17(19(26)22-30)18(25(14-16)21(28)29)20(27)24-10-8-23(9-11-24)15-6-4-3-5-7-15/h3-7,16-18,30H,2,8-14H2,1H3,(H,22,26)(H,28,29)/t16-,17?,18?/m0/s1. The molecule has 2 fully saturated rings. The van der Waals surface area contributed by atoms with E-state index < -0.39 is 36.0 Å². The maximum Gasteiger partial charge on any atom is 0.408 e. The Bertz CT molecular complexity index is 768. The second-order valence-corrected chi connectivity index (χ2v) is 7.84. The summed E-state index contributed by atoms with van der Waals surface area (Å²) in [5, 5.41) is 19.0. The number of carboxylic acid groups (broad SMARTS) is 1. The van der Waals surface area contributed by atoms with Crippen LogP contribution in [0, 0.1) is 5.92 Å². The van der Waals surface area contributed by atoms with Gasteiger partial charge in [0.1, 0.15) is 6.04 Å². The molecule has 0 bridgehead atoms. The largest absolute Gasteiger partial charge is 0.465 e. The molecule has 31 heavy (non-hydrogen) atoms. The summed E-state index contributed by atoms with van der Waals surface area (Å²) in [5.74, 6) is -2.23. The Labute approximate surface area is 181 Å². The van der Waals surface area contributed by atoms with Gasteiger partial charge in [0.25, 0.3) is 0 Å². The van der Waals surface area contributed by atoms with Crippen LogP contribution in [0.4, 0.5) is 10.5 Å². The number of piperazine rings is 1. The summed E-state index contributed by atoms with van der Waals surface area (Å²) < 4.78 is 5.68. The van der Waals surface area contributed by atoms with Crippen LogP contribution in [0.25, 0.3) is 0 Å². The Hall–Kier alpha value is -2.85. The van der Waals surface area contributed by atoms with Crippen molar-refractivity contribution in [3.05, 3.63) is 30.3 Å². The molecule has 10 heteroatoms. The van der Waals surface area contributed by atoms with Crippen molar-refractivity contribution >= 4 is 23.6 Å². The fourth-order valence-corrected chi connectivity index (χ4v) is 4.29. The number of hydrogen-bond acceptors (Lipinski definition) is 6. The third-order valence-electron chi connectivity index (χ3n) is 5.85. The number of carbonyl (C=O) groups excluding carboxylic acids is 2. The molecule has 1 aromatic rings. The molecule has 2 aliphatic heterocycles. The Morgan fingerprint density at radius 1 is 1.13 bits per heavy atom. The molecule has 0 aliphatic carbocycles. The highest BCUT2D eigenvalue weighted by molar-refractivity contribution is 5.92. The van der Waals surface area contributed by atoms with Gasteiger partial charge in [0.2, 0.25) is 11.8 Å². The summed E-state index contributed by atoms with van der Waals surface area (Å²) in [6, 6.07) is 8.65. The van der Waals surface area contributed by atoms with Gasteiger partial charge in [-0.2, -0.15) is 0 Å². The van der Waals surface area contributed by atoms with Crippen LogP contribution >= 0.6 is 0 Å². The second-order valence-electron chi connectivity index (χ2n) is 7.84. The Morgan fingerprint density at radius 2 is 1.81 bits per heavy atom. The Kier molecular flexibility index (Phi) is 7.69. The van der Waals surface area contributed by atoms with Crippen molar-refractivity contribution in [2.24, 2.45) is 5.92 Å². The van der Waals surface area contributed by atoms with Gasteiger partial charge in [-0.3, -0.25) is 19.7 Å². The van der Waals surface area contributed by atoms with Crippen LogP contribution in [-0.2, 0) is 14.3 Å². The minimum atomic E-state index is -1.29. The molecule has 3 N–H and O–H groups in total.